The van der Waals surface area contributed by atoms with Gasteiger partial charge in [-0.3, -0.25) is 14.3 Å². The summed E-state index contributed by atoms with van der Waals surface area (Å²) in [6, 6.07) is 19.2. The maximum absolute atomic E-state index is 13.6. The lowest BCUT2D eigenvalue weighted by atomic mass is 10.1. The number of carbonyl (C=O) groups excluding carboxylic acids is 2. The van der Waals surface area contributed by atoms with Crippen LogP contribution in [0.25, 0.3) is 16.9 Å². The maximum atomic E-state index is 13.6. The highest BCUT2D eigenvalue weighted by Gasteiger charge is 2.26. The number of amides is 2. The van der Waals surface area contributed by atoms with Gasteiger partial charge in [-0.2, -0.15) is 10.2 Å². The van der Waals surface area contributed by atoms with Crippen molar-refractivity contribution in [2.45, 2.75) is 20.4 Å². The van der Waals surface area contributed by atoms with Crippen LogP contribution in [0.1, 0.15) is 33.5 Å². The molecular formula is C25H26N6O2. The molecule has 0 aliphatic carbocycles. The fourth-order valence-corrected chi connectivity index (χ4v) is 3.73. The molecule has 8 heteroatoms. The van der Waals surface area contributed by atoms with E-state index in [-0.39, 0.29) is 11.8 Å². The third-order valence-corrected chi connectivity index (χ3v) is 5.39. The van der Waals surface area contributed by atoms with Crippen molar-refractivity contribution >= 4 is 17.5 Å². The van der Waals surface area contributed by atoms with Crippen molar-refractivity contribution in [3.63, 3.8) is 0 Å². The number of para-hydroxylation sites is 1. The van der Waals surface area contributed by atoms with Gasteiger partial charge < -0.3 is 10.2 Å². The molecule has 4 aromatic rings. The highest BCUT2D eigenvalue weighted by atomic mass is 16.2. The van der Waals surface area contributed by atoms with E-state index in [0.29, 0.717) is 34.9 Å². The number of rotatable bonds is 6. The molecule has 2 aromatic carbocycles. The van der Waals surface area contributed by atoms with Crippen molar-refractivity contribution in [1.82, 2.24) is 24.5 Å². The van der Waals surface area contributed by atoms with Gasteiger partial charge in [-0.05, 0) is 26.0 Å². The molecule has 33 heavy (non-hydrogen) atoms. The number of anilines is 1. The quantitative estimate of drug-likeness (QED) is 0.489. The average molecular weight is 443 g/mol. The minimum absolute atomic E-state index is 0.232. The van der Waals surface area contributed by atoms with Gasteiger partial charge in [-0.1, -0.05) is 48.5 Å². The maximum Gasteiger partial charge on any atom is 0.273 e. The number of nitrogens with one attached hydrogen (secondary N) is 1. The van der Waals surface area contributed by atoms with E-state index in [0.717, 1.165) is 11.3 Å². The summed E-state index contributed by atoms with van der Waals surface area (Å²) in [5, 5.41) is 12.0. The van der Waals surface area contributed by atoms with E-state index in [1.54, 1.807) is 23.5 Å². The van der Waals surface area contributed by atoms with Crippen molar-refractivity contribution < 1.29 is 9.59 Å². The molecule has 0 bridgehead atoms. The lowest BCUT2D eigenvalue weighted by Gasteiger charge is -2.14. The van der Waals surface area contributed by atoms with E-state index in [4.69, 9.17) is 5.10 Å². The summed E-state index contributed by atoms with van der Waals surface area (Å²) in [7, 11) is 3.34. The Morgan fingerprint density at radius 2 is 1.64 bits per heavy atom. The molecule has 2 heterocycles. The molecule has 0 atom stereocenters. The zero-order valence-corrected chi connectivity index (χ0v) is 19.1. The number of hydrogen-bond acceptors (Lipinski definition) is 4. The van der Waals surface area contributed by atoms with Crippen molar-refractivity contribution in [2.75, 3.05) is 19.4 Å². The van der Waals surface area contributed by atoms with Gasteiger partial charge in [0.05, 0.1) is 28.8 Å². The minimum atomic E-state index is -0.350. The number of aryl methyl sites for hydroxylation is 1. The highest BCUT2D eigenvalue weighted by Crippen LogP contribution is 2.28. The van der Waals surface area contributed by atoms with Crippen LogP contribution in [-0.2, 0) is 6.54 Å². The number of benzene rings is 2. The zero-order valence-electron chi connectivity index (χ0n) is 19.1. The third-order valence-electron chi connectivity index (χ3n) is 5.39. The summed E-state index contributed by atoms with van der Waals surface area (Å²) < 4.78 is 3.34. The molecule has 0 aliphatic rings. The Labute approximate surface area is 192 Å². The molecule has 2 amide bonds. The van der Waals surface area contributed by atoms with Crippen LogP contribution in [0.15, 0.2) is 66.9 Å². The molecule has 0 saturated heterocycles. The monoisotopic (exact) mass is 442 g/mol. The van der Waals surface area contributed by atoms with Crippen molar-refractivity contribution in [2.24, 2.45) is 0 Å². The Hall–Kier alpha value is -4.20. The van der Waals surface area contributed by atoms with Crippen LogP contribution in [0.3, 0.4) is 0 Å². The van der Waals surface area contributed by atoms with Gasteiger partial charge in [-0.25, -0.2) is 4.68 Å². The van der Waals surface area contributed by atoms with Crippen LogP contribution < -0.4 is 5.32 Å². The Bertz CT molecular complexity index is 1290. The van der Waals surface area contributed by atoms with Crippen LogP contribution in [0.5, 0.6) is 0 Å². The second-order valence-corrected chi connectivity index (χ2v) is 7.80. The van der Waals surface area contributed by atoms with Crippen molar-refractivity contribution in [1.29, 1.82) is 0 Å². The third kappa shape index (κ3) is 4.15. The van der Waals surface area contributed by atoms with Gasteiger partial charge in [0.1, 0.15) is 11.4 Å². The van der Waals surface area contributed by atoms with Gasteiger partial charge in [0.2, 0.25) is 0 Å². The molecule has 0 saturated carbocycles. The normalized spacial score (nSPS) is 10.8. The topological polar surface area (TPSA) is 85.0 Å². The van der Waals surface area contributed by atoms with Crippen LogP contribution >= 0.6 is 0 Å². The number of nitrogens with zero attached hydrogens (tertiary/aromatic N) is 5. The van der Waals surface area contributed by atoms with E-state index >= 15 is 0 Å². The van der Waals surface area contributed by atoms with E-state index in [1.165, 1.54) is 11.1 Å². The molecule has 0 fully saturated rings. The Balaban J connectivity index is 1.81. The molecule has 4 rings (SSSR count). The Kier molecular flexibility index (Phi) is 6.08. The molecule has 0 aliphatic heterocycles. The molecule has 8 nitrogen and oxygen atoms in total. The van der Waals surface area contributed by atoms with Crippen LogP contribution in [-0.4, -0.2) is 50.4 Å². The van der Waals surface area contributed by atoms with E-state index in [2.05, 4.69) is 10.4 Å². The first-order valence-electron chi connectivity index (χ1n) is 10.7. The molecule has 2 aromatic heterocycles. The van der Waals surface area contributed by atoms with Crippen LogP contribution in [0.2, 0.25) is 0 Å². The fraction of sp³-hybridized carbons (Fsp3) is 0.200. The molecule has 0 spiro atoms. The van der Waals surface area contributed by atoms with Gasteiger partial charge >= 0.3 is 0 Å². The van der Waals surface area contributed by atoms with E-state index in [9.17, 15) is 9.59 Å². The molecule has 168 valence electrons. The van der Waals surface area contributed by atoms with Gasteiger partial charge in [0, 0.05) is 26.2 Å². The Morgan fingerprint density at radius 1 is 1.00 bits per heavy atom. The van der Waals surface area contributed by atoms with Crippen molar-refractivity contribution in [3.05, 3.63) is 83.8 Å². The summed E-state index contributed by atoms with van der Waals surface area (Å²) in [5.74, 6) is -0.582. The average Bonchev–Trinajstić information content (AvgIpc) is 3.40. The summed E-state index contributed by atoms with van der Waals surface area (Å²) in [5.41, 5.74) is 4.09. The lowest BCUT2D eigenvalue weighted by molar-refractivity contribution is 0.0816. The predicted octanol–water partition coefficient (Wildman–Crippen LogP) is 4.02. The van der Waals surface area contributed by atoms with E-state index < -0.39 is 0 Å². The van der Waals surface area contributed by atoms with Gasteiger partial charge in [0.15, 0.2) is 0 Å². The predicted molar refractivity (Wildman–Crippen MR) is 128 cm³/mol. The standard InChI is InChI=1S/C25H26N6O2/c1-5-30-23(25(33)29(3)4)20(16-26-30)27-24(32)21-17(2)31(19-14-10-7-11-15-19)28-22(21)18-12-8-6-9-13-18/h6-16H,5H2,1-4H3,(H,27,32). The molecule has 1 N–H and O–H groups in total. The van der Waals surface area contributed by atoms with Gasteiger partial charge in [-0.15, -0.1) is 0 Å². The second-order valence-electron chi connectivity index (χ2n) is 7.80. The van der Waals surface area contributed by atoms with Crippen LogP contribution in [0.4, 0.5) is 5.69 Å². The summed E-state index contributed by atoms with van der Waals surface area (Å²) in [4.78, 5) is 27.8. The lowest BCUT2D eigenvalue weighted by Crippen LogP contribution is -2.26. The summed E-state index contributed by atoms with van der Waals surface area (Å²) >= 11 is 0. The SMILES string of the molecule is CCn1ncc(NC(=O)c2c(-c3ccccc3)nn(-c3ccccc3)c2C)c1C(=O)N(C)C. The molecular weight excluding hydrogens is 416 g/mol. The van der Waals surface area contributed by atoms with Crippen LogP contribution in [0, 0.1) is 6.92 Å². The van der Waals surface area contributed by atoms with E-state index in [1.807, 2.05) is 74.5 Å². The zero-order chi connectivity index (χ0) is 23.5. The minimum Gasteiger partial charge on any atom is -0.343 e. The Morgan fingerprint density at radius 3 is 2.24 bits per heavy atom. The van der Waals surface area contributed by atoms with Crippen molar-refractivity contribution in [3.8, 4) is 16.9 Å². The summed E-state index contributed by atoms with van der Waals surface area (Å²) in [6.45, 7) is 4.26. The number of hydrogen-bond donors (Lipinski definition) is 1. The molecule has 0 unspecified atom stereocenters. The second kappa shape index (κ2) is 9.12. The first-order chi connectivity index (χ1) is 15.9. The highest BCUT2D eigenvalue weighted by molar-refractivity contribution is 6.11. The molecule has 0 radical (unpaired) electrons. The largest absolute Gasteiger partial charge is 0.343 e. The fourth-order valence-electron chi connectivity index (χ4n) is 3.73. The first kappa shape index (κ1) is 22.0. The smallest absolute Gasteiger partial charge is 0.273 e. The number of carbonyl (C=O) groups is 2. The van der Waals surface area contributed by atoms with Gasteiger partial charge in [0.25, 0.3) is 11.8 Å². The first-order valence-corrected chi connectivity index (χ1v) is 10.7. The summed E-state index contributed by atoms with van der Waals surface area (Å²) in [6.07, 6.45) is 1.51. The number of aromatic nitrogens is 4.